The average molecular weight is 305 g/mol. The molecule has 0 spiro atoms. The third-order valence-electron chi connectivity index (χ3n) is 3.83. The fraction of sp³-hybridized carbons (Fsp3) is 0.471. The number of carbonyl (C=O) groups is 2. The van der Waals surface area contributed by atoms with Crippen molar-refractivity contribution in [3.05, 3.63) is 42.3 Å². The minimum atomic E-state index is -0.707. The topological polar surface area (TPSA) is 106 Å². The van der Waals surface area contributed by atoms with E-state index in [1.54, 1.807) is 13.3 Å². The largest absolute Gasteiger partial charge is 0.393 e. The lowest BCUT2D eigenvalue weighted by molar-refractivity contribution is -0.124. The second kappa shape index (κ2) is 9.20. The van der Waals surface area contributed by atoms with E-state index in [9.17, 15) is 14.7 Å². The molecule has 0 heterocycles. The van der Waals surface area contributed by atoms with Crippen molar-refractivity contribution in [3.8, 4) is 0 Å². The zero-order valence-corrected chi connectivity index (χ0v) is 12.9. The van der Waals surface area contributed by atoms with E-state index in [-0.39, 0.29) is 18.2 Å². The van der Waals surface area contributed by atoms with Crippen LogP contribution in [0, 0.1) is 18.3 Å². The van der Waals surface area contributed by atoms with Crippen LogP contribution in [0.4, 0.5) is 0 Å². The van der Waals surface area contributed by atoms with Crippen LogP contribution < -0.4 is 11.5 Å². The highest BCUT2D eigenvalue weighted by Gasteiger charge is 2.21. The summed E-state index contributed by atoms with van der Waals surface area (Å²) in [6, 6.07) is 9.76. The number of nitrogens with two attached hydrogens (primary N) is 2. The van der Waals surface area contributed by atoms with E-state index in [4.69, 9.17) is 11.5 Å². The molecule has 22 heavy (non-hydrogen) atoms. The van der Waals surface area contributed by atoms with E-state index in [2.05, 4.69) is 0 Å². The predicted molar refractivity (Wildman–Crippen MR) is 85.3 cm³/mol. The molecule has 0 fully saturated rings. The molecule has 3 atom stereocenters. The van der Waals surface area contributed by atoms with Gasteiger partial charge in [0, 0.05) is 11.8 Å². The van der Waals surface area contributed by atoms with Crippen LogP contribution in [0.5, 0.6) is 0 Å². The van der Waals surface area contributed by atoms with Crippen LogP contribution >= 0.6 is 0 Å². The molecule has 0 aromatic heterocycles. The van der Waals surface area contributed by atoms with Gasteiger partial charge in [-0.25, -0.2) is 0 Å². The third-order valence-corrected chi connectivity index (χ3v) is 3.83. The highest BCUT2D eigenvalue weighted by atomic mass is 16.3. The molecule has 5 nitrogen and oxygen atoms in total. The van der Waals surface area contributed by atoms with Gasteiger partial charge in [-0.3, -0.25) is 9.59 Å². The van der Waals surface area contributed by atoms with Crippen molar-refractivity contribution < 1.29 is 14.7 Å². The molecule has 0 saturated carbocycles. The summed E-state index contributed by atoms with van der Waals surface area (Å²) >= 11 is 0. The molecule has 0 bridgehead atoms. The zero-order valence-electron chi connectivity index (χ0n) is 12.9. The van der Waals surface area contributed by atoms with Crippen molar-refractivity contribution in [1.29, 1.82) is 0 Å². The maximum Gasteiger partial charge on any atom is 0.220 e. The molecule has 5 heteroatoms. The first-order valence-electron chi connectivity index (χ1n) is 7.54. The molecular formula is C17H25N2O3. The summed E-state index contributed by atoms with van der Waals surface area (Å²) in [4.78, 5) is 22.5. The van der Waals surface area contributed by atoms with Gasteiger partial charge in [-0.05, 0) is 37.7 Å². The van der Waals surface area contributed by atoms with Gasteiger partial charge in [0.1, 0.15) is 0 Å². The van der Waals surface area contributed by atoms with Crippen molar-refractivity contribution >= 4 is 11.8 Å². The Labute approximate surface area is 131 Å². The fourth-order valence-electron chi connectivity index (χ4n) is 2.24. The van der Waals surface area contributed by atoms with Crippen molar-refractivity contribution in [2.75, 3.05) is 0 Å². The number of aliphatic hydroxyl groups is 1. The Bertz CT molecular complexity index is 476. The molecule has 1 rings (SSSR count). The van der Waals surface area contributed by atoms with E-state index >= 15 is 0 Å². The smallest absolute Gasteiger partial charge is 0.220 e. The van der Waals surface area contributed by atoms with Gasteiger partial charge in [0.25, 0.3) is 0 Å². The summed E-state index contributed by atoms with van der Waals surface area (Å²) in [5, 5.41) is 10.0. The molecule has 2 amide bonds. The van der Waals surface area contributed by atoms with Crippen LogP contribution in [0.15, 0.2) is 30.3 Å². The van der Waals surface area contributed by atoms with E-state index in [0.29, 0.717) is 19.3 Å². The third kappa shape index (κ3) is 6.72. The van der Waals surface area contributed by atoms with Gasteiger partial charge in [0.15, 0.2) is 0 Å². The SMILES string of the molecule is CC(CC[C@H](C[C@@H](O)[CH]Cc1ccccc1)C(N)=O)C(N)=O. The second-order valence-electron chi connectivity index (χ2n) is 5.71. The van der Waals surface area contributed by atoms with E-state index in [1.165, 1.54) is 0 Å². The number of hydrogen-bond acceptors (Lipinski definition) is 3. The van der Waals surface area contributed by atoms with Crippen molar-refractivity contribution in [2.24, 2.45) is 23.3 Å². The summed E-state index contributed by atoms with van der Waals surface area (Å²) in [6.45, 7) is 1.72. The highest BCUT2D eigenvalue weighted by molar-refractivity contribution is 5.77. The van der Waals surface area contributed by atoms with Gasteiger partial charge in [-0.1, -0.05) is 37.3 Å². The molecule has 1 aromatic carbocycles. The van der Waals surface area contributed by atoms with Crippen molar-refractivity contribution in [3.63, 3.8) is 0 Å². The van der Waals surface area contributed by atoms with Crippen LogP contribution in [0.2, 0.25) is 0 Å². The summed E-state index contributed by atoms with van der Waals surface area (Å²) < 4.78 is 0. The van der Waals surface area contributed by atoms with E-state index in [1.807, 2.05) is 30.3 Å². The van der Waals surface area contributed by atoms with Gasteiger partial charge in [-0.2, -0.15) is 0 Å². The maximum absolute atomic E-state index is 11.5. The van der Waals surface area contributed by atoms with Gasteiger partial charge in [0.05, 0.1) is 6.10 Å². The Morgan fingerprint density at radius 3 is 2.32 bits per heavy atom. The quantitative estimate of drug-likeness (QED) is 0.604. The van der Waals surface area contributed by atoms with Gasteiger partial charge in [-0.15, -0.1) is 0 Å². The zero-order chi connectivity index (χ0) is 16.5. The van der Waals surface area contributed by atoms with Gasteiger partial charge < -0.3 is 16.6 Å². The maximum atomic E-state index is 11.5. The van der Waals surface area contributed by atoms with E-state index < -0.39 is 17.9 Å². The van der Waals surface area contributed by atoms with Crippen LogP contribution in [0.1, 0.15) is 31.7 Å². The number of amides is 2. The average Bonchev–Trinajstić information content (AvgIpc) is 2.49. The molecular weight excluding hydrogens is 280 g/mol. The fourth-order valence-corrected chi connectivity index (χ4v) is 2.24. The number of aliphatic hydroxyl groups excluding tert-OH is 1. The Balaban J connectivity index is 2.41. The second-order valence-corrected chi connectivity index (χ2v) is 5.71. The number of rotatable bonds is 10. The molecule has 0 saturated heterocycles. The van der Waals surface area contributed by atoms with Crippen molar-refractivity contribution in [1.82, 2.24) is 0 Å². The standard InChI is InChI=1S/C17H25N2O3/c1-12(16(18)21)7-9-14(17(19)22)11-15(20)10-8-13-5-3-2-4-6-13/h2-6,10,12,14-15,20H,7-9,11H2,1H3,(H2,18,21)(H2,19,22)/t12?,14-,15+/m1/s1. The predicted octanol–water partition coefficient (Wildman–Crippen LogP) is 1.19. The molecule has 1 unspecified atom stereocenters. The molecule has 0 aliphatic heterocycles. The molecule has 0 aliphatic carbocycles. The van der Waals surface area contributed by atoms with Crippen LogP contribution in [0.25, 0.3) is 0 Å². The van der Waals surface area contributed by atoms with Crippen LogP contribution in [-0.2, 0) is 16.0 Å². The molecule has 1 aromatic rings. The number of primary amides is 2. The summed E-state index contributed by atoms with van der Waals surface area (Å²) in [7, 11) is 0. The molecule has 0 aliphatic rings. The van der Waals surface area contributed by atoms with Crippen molar-refractivity contribution in [2.45, 2.75) is 38.7 Å². The summed E-state index contributed by atoms with van der Waals surface area (Å²) in [5.41, 5.74) is 11.7. The van der Waals surface area contributed by atoms with E-state index in [0.717, 1.165) is 5.56 Å². The first kappa shape index (κ1) is 18.2. The Morgan fingerprint density at radius 2 is 1.77 bits per heavy atom. The van der Waals surface area contributed by atoms with Gasteiger partial charge in [0.2, 0.25) is 11.8 Å². The number of carbonyl (C=O) groups excluding carboxylic acids is 2. The molecule has 121 valence electrons. The Hall–Kier alpha value is -1.88. The minimum absolute atomic E-state index is 0.271. The lowest BCUT2D eigenvalue weighted by atomic mass is 9.90. The number of benzene rings is 1. The Morgan fingerprint density at radius 1 is 1.14 bits per heavy atom. The first-order chi connectivity index (χ1) is 10.4. The first-order valence-corrected chi connectivity index (χ1v) is 7.54. The number of hydrogen-bond donors (Lipinski definition) is 3. The van der Waals surface area contributed by atoms with Crippen LogP contribution in [0.3, 0.4) is 0 Å². The molecule has 5 N–H and O–H groups in total. The minimum Gasteiger partial charge on any atom is -0.393 e. The monoisotopic (exact) mass is 305 g/mol. The summed E-state index contributed by atoms with van der Waals surface area (Å²) in [6.07, 6.45) is 2.91. The molecule has 1 radical (unpaired) electrons. The van der Waals surface area contributed by atoms with Gasteiger partial charge >= 0.3 is 0 Å². The summed E-state index contributed by atoms with van der Waals surface area (Å²) in [5.74, 6) is -1.60. The van der Waals surface area contributed by atoms with Crippen LogP contribution in [-0.4, -0.2) is 23.0 Å². The normalized spacial score (nSPS) is 15.0. The highest BCUT2D eigenvalue weighted by Crippen LogP contribution is 2.19. The lowest BCUT2D eigenvalue weighted by Crippen LogP contribution is -2.29. The Kier molecular flexibility index (Phi) is 7.60. The lowest BCUT2D eigenvalue weighted by Gasteiger charge is -2.18.